The molecular weight excluding hydrogens is 378 g/mol. The van der Waals surface area contributed by atoms with Crippen LogP contribution in [0.15, 0.2) is 47.4 Å². The molecule has 0 aliphatic rings. The summed E-state index contributed by atoms with van der Waals surface area (Å²) in [7, 11) is -3.84. The third kappa shape index (κ3) is 5.33. The van der Waals surface area contributed by atoms with Gasteiger partial charge in [-0.3, -0.25) is 14.9 Å². The lowest BCUT2D eigenvalue weighted by atomic mass is 10.1. The Labute approximate surface area is 154 Å². The van der Waals surface area contributed by atoms with E-state index in [9.17, 15) is 28.1 Å². The van der Waals surface area contributed by atoms with Crippen molar-refractivity contribution in [1.82, 2.24) is 0 Å². The minimum absolute atomic E-state index is 0.0578. The molecule has 0 aliphatic carbocycles. The van der Waals surface area contributed by atoms with Crippen molar-refractivity contribution in [2.75, 3.05) is 11.9 Å². The van der Waals surface area contributed by atoms with Crippen LogP contribution in [0.3, 0.4) is 0 Å². The number of carbonyl (C=O) groups excluding carboxylic acids is 2. The van der Waals surface area contributed by atoms with Gasteiger partial charge in [-0.2, -0.15) is 0 Å². The number of nitrogens with one attached hydrogen (secondary N) is 1. The van der Waals surface area contributed by atoms with E-state index < -0.39 is 33.4 Å². The number of nitro groups is 1. The summed E-state index contributed by atoms with van der Waals surface area (Å²) in [6.07, 6.45) is 0. The van der Waals surface area contributed by atoms with E-state index >= 15 is 0 Å². The summed E-state index contributed by atoms with van der Waals surface area (Å²) in [5, 5.41) is 18.3. The van der Waals surface area contributed by atoms with Crippen LogP contribution in [-0.4, -0.2) is 31.8 Å². The molecule has 0 atom stereocenters. The molecule has 1 amide bonds. The molecule has 11 heteroatoms. The molecule has 0 radical (unpaired) electrons. The standard InChI is InChI=1S/C16H15N3O7S/c1-10-2-3-11(8-14(10)19(22)23)16(21)26-9-15(20)18-12-4-6-13(7-5-12)27(17,24)25/h2-8H,9H2,1H3,(H,18,20)(H2,17,24,25). The summed E-state index contributed by atoms with van der Waals surface area (Å²) in [5.74, 6) is -1.56. The predicted molar refractivity (Wildman–Crippen MR) is 94.6 cm³/mol. The van der Waals surface area contributed by atoms with Crippen molar-refractivity contribution >= 4 is 33.3 Å². The number of nitro benzene ring substituents is 1. The molecule has 2 aromatic carbocycles. The number of nitrogens with zero attached hydrogens (tertiary/aromatic N) is 1. The molecule has 27 heavy (non-hydrogen) atoms. The van der Waals surface area contributed by atoms with E-state index in [1.54, 1.807) is 0 Å². The zero-order valence-electron chi connectivity index (χ0n) is 14.0. The number of anilines is 1. The van der Waals surface area contributed by atoms with Crippen molar-refractivity contribution in [2.45, 2.75) is 11.8 Å². The highest BCUT2D eigenvalue weighted by Gasteiger charge is 2.17. The molecule has 0 aliphatic heterocycles. The van der Waals surface area contributed by atoms with Crippen molar-refractivity contribution < 1.29 is 27.7 Å². The molecule has 0 fully saturated rings. The van der Waals surface area contributed by atoms with Gasteiger partial charge in [-0.1, -0.05) is 6.07 Å². The van der Waals surface area contributed by atoms with E-state index in [1.165, 1.54) is 43.3 Å². The Hall–Kier alpha value is -3.31. The lowest BCUT2D eigenvalue weighted by Crippen LogP contribution is -2.21. The number of esters is 1. The molecule has 0 spiro atoms. The third-order valence-corrected chi connectivity index (χ3v) is 4.37. The van der Waals surface area contributed by atoms with Crippen molar-refractivity contribution in [1.29, 1.82) is 0 Å². The summed E-state index contributed by atoms with van der Waals surface area (Å²) in [4.78, 5) is 33.9. The van der Waals surface area contributed by atoms with Gasteiger partial charge in [0.05, 0.1) is 15.4 Å². The smallest absolute Gasteiger partial charge is 0.338 e. The fourth-order valence-corrected chi connectivity index (χ4v) is 2.59. The molecule has 0 unspecified atom stereocenters. The second-order valence-electron chi connectivity index (χ2n) is 5.45. The van der Waals surface area contributed by atoms with Crippen LogP contribution in [0.25, 0.3) is 0 Å². The third-order valence-electron chi connectivity index (χ3n) is 3.44. The molecule has 0 heterocycles. The number of primary sulfonamides is 1. The van der Waals surface area contributed by atoms with Crippen LogP contribution in [-0.2, 0) is 19.6 Å². The number of amides is 1. The summed E-state index contributed by atoms with van der Waals surface area (Å²) in [5.41, 5.74) is 0.369. The van der Waals surface area contributed by atoms with Crippen LogP contribution in [0.2, 0.25) is 0 Å². The summed E-state index contributed by atoms with van der Waals surface area (Å²) >= 11 is 0. The molecule has 0 saturated carbocycles. The average Bonchev–Trinajstić information content (AvgIpc) is 2.59. The van der Waals surface area contributed by atoms with E-state index in [0.717, 1.165) is 6.07 Å². The number of ether oxygens (including phenoxy) is 1. The fourth-order valence-electron chi connectivity index (χ4n) is 2.07. The van der Waals surface area contributed by atoms with Crippen molar-refractivity contribution in [2.24, 2.45) is 5.14 Å². The van der Waals surface area contributed by atoms with E-state index in [4.69, 9.17) is 9.88 Å². The molecule has 0 bridgehead atoms. The molecule has 142 valence electrons. The van der Waals surface area contributed by atoms with Crippen LogP contribution in [0.1, 0.15) is 15.9 Å². The van der Waals surface area contributed by atoms with Gasteiger partial charge >= 0.3 is 5.97 Å². The zero-order valence-corrected chi connectivity index (χ0v) is 14.9. The molecule has 2 rings (SSSR count). The number of sulfonamides is 1. The SMILES string of the molecule is Cc1ccc(C(=O)OCC(=O)Nc2ccc(S(N)(=O)=O)cc2)cc1[N+](=O)[O-]. The number of rotatable bonds is 6. The minimum atomic E-state index is -3.84. The zero-order chi connectivity index (χ0) is 20.2. The maximum absolute atomic E-state index is 11.9. The van der Waals surface area contributed by atoms with Gasteiger partial charge in [-0.25, -0.2) is 18.4 Å². The Morgan fingerprint density at radius 1 is 1.19 bits per heavy atom. The predicted octanol–water partition coefficient (Wildman–Crippen LogP) is 1.35. The Bertz CT molecular complexity index is 1000. The summed E-state index contributed by atoms with van der Waals surface area (Å²) in [6.45, 7) is 0.902. The van der Waals surface area contributed by atoms with Gasteiger partial charge < -0.3 is 10.1 Å². The van der Waals surface area contributed by atoms with Gasteiger partial charge in [0.25, 0.3) is 11.6 Å². The minimum Gasteiger partial charge on any atom is -0.452 e. The molecule has 0 saturated heterocycles. The van der Waals surface area contributed by atoms with E-state index in [2.05, 4.69) is 5.32 Å². The summed E-state index contributed by atoms with van der Waals surface area (Å²) in [6, 6.07) is 8.90. The lowest BCUT2D eigenvalue weighted by Gasteiger charge is -2.07. The van der Waals surface area contributed by atoms with Crippen LogP contribution in [0.4, 0.5) is 11.4 Å². The van der Waals surface area contributed by atoms with Gasteiger partial charge in [0.15, 0.2) is 6.61 Å². The first-order chi connectivity index (χ1) is 12.6. The number of aryl methyl sites for hydroxylation is 1. The number of benzene rings is 2. The van der Waals surface area contributed by atoms with Gasteiger partial charge in [-0.05, 0) is 37.3 Å². The maximum Gasteiger partial charge on any atom is 0.338 e. The largest absolute Gasteiger partial charge is 0.452 e. The maximum atomic E-state index is 11.9. The quantitative estimate of drug-likeness (QED) is 0.425. The highest BCUT2D eigenvalue weighted by Crippen LogP contribution is 2.19. The Morgan fingerprint density at radius 2 is 1.81 bits per heavy atom. The topological polar surface area (TPSA) is 159 Å². The highest BCUT2D eigenvalue weighted by atomic mass is 32.2. The number of nitrogens with two attached hydrogens (primary N) is 1. The van der Waals surface area contributed by atoms with Crippen LogP contribution < -0.4 is 10.5 Å². The fraction of sp³-hybridized carbons (Fsp3) is 0.125. The normalized spacial score (nSPS) is 10.9. The van der Waals surface area contributed by atoms with Gasteiger partial charge in [0, 0.05) is 17.3 Å². The van der Waals surface area contributed by atoms with Crippen molar-refractivity contribution in [3.8, 4) is 0 Å². The first-order valence-corrected chi connectivity index (χ1v) is 8.97. The Balaban J connectivity index is 1.96. The van der Waals surface area contributed by atoms with Crippen LogP contribution in [0.5, 0.6) is 0 Å². The van der Waals surface area contributed by atoms with Crippen LogP contribution in [0, 0.1) is 17.0 Å². The molecule has 10 nitrogen and oxygen atoms in total. The Kier molecular flexibility index (Phi) is 5.88. The van der Waals surface area contributed by atoms with Crippen LogP contribution >= 0.6 is 0 Å². The average molecular weight is 393 g/mol. The number of carbonyl (C=O) groups is 2. The Morgan fingerprint density at radius 3 is 2.37 bits per heavy atom. The molecular formula is C16H15N3O7S. The van der Waals surface area contributed by atoms with Crippen molar-refractivity contribution in [3.63, 3.8) is 0 Å². The first kappa shape index (κ1) is 20.0. The molecule has 3 N–H and O–H groups in total. The second-order valence-corrected chi connectivity index (χ2v) is 7.01. The van der Waals surface area contributed by atoms with Gasteiger partial charge in [0.2, 0.25) is 10.0 Å². The monoisotopic (exact) mass is 393 g/mol. The first-order valence-electron chi connectivity index (χ1n) is 7.43. The number of hydrogen-bond donors (Lipinski definition) is 2. The van der Waals surface area contributed by atoms with E-state index in [0.29, 0.717) is 5.56 Å². The lowest BCUT2D eigenvalue weighted by molar-refractivity contribution is -0.385. The van der Waals surface area contributed by atoms with E-state index in [-0.39, 0.29) is 21.8 Å². The molecule has 0 aromatic heterocycles. The number of hydrogen-bond acceptors (Lipinski definition) is 7. The molecule has 2 aromatic rings. The highest BCUT2D eigenvalue weighted by molar-refractivity contribution is 7.89. The second kappa shape index (κ2) is 7.93. The van der Waals surface area contributed by atoms with Crippen molar-refractivity contribution in [3.05, 3.63) is 63.7 Å². The summed E-state index contributed by atoms with van der Waals surface area (Å²) < 4.78 is 27.1. The van der Waals surface area contributed by atoms with E-state index in [1.807, 2.05) is 0 Å². The van der Waals surface area contributed by atoms with Gasteiger partial charge in [0.1, 0.15) is 0 Å². The van der Waals surface area contributed by atoms with Gasteiger partial charge in [-0.15, -0.1) is 0 Å².